The molecule has 0 saturated heterocycles. The molecule has 0 heterocycles. The van der Waals surface area contributed by atoms with Crippen molar-refractivity contribution in [3.63, 3.8) is 0 Å². The number of rotatable bonds is 2. The molecule has 2 unspecified atom stereocenters. The van der Waals surface area contributed by atoms with Gasteiger partial charge in [0.25, 0.3) is 0 Å². The lowest BCUT2D eigenvalue weighted by molar-refractivity contribution is -0.150. The molecule has 1 aliphatic rings. The van der Waals surface area contributed by atoms with E-state index in [1.807, 2.05) is 0 Å². The van der Waals surface area contributed by atoms with Crippen LogP contribution in [0.2, 0.25) is 0 Å². The first-order chi connectivity index (χ1) is 6.43. The summed E-state index contributed by atoms with van der Waals surface area (Å²) in [6.07, 6.45) is 1.60. The third kappa shape index (κ3) is 1.68. The van der Waals surface area contributed by atoms with Gasteiger partial charge in [0, 0.05) is 0 Å². The minimum atomic E-state index is -1.37. The first-order valence-corrected chi connectivity index (χ1v) is 3.71. The Hall–Kier alpha value is -1.98. The van der Waals surface area contributed by atoms with E-state index in [0.717, 1.165) is 12.2 Å². The maximum atomic E-state index is 10.6. The van der Waals surface area contributed by atoms with Crippen LogP contribution >= 0.6 is 0 Å². The summed E-state index contributed by atoms with van der Waals surface area (Å²) in [7, 11) is 0. The average molecular weight is 200 g/mol. The van der Waals surface area contributed by atoms with Crippen LogP contribution in [0, 0.1) is 11.8 Å². The second kappa shape index (κ2) is 3.41. The fraction of sp³-hybridized carbons (Fsp3) is 0.250. The van der Waals surface area contributed by atoms with Gasteiger partial charge in [0.15, 0.2) is 11.5 Å². The van der Waals surface area contributed by atoms with Gasteiger partial charge in [0.05, 0.1) is 11.8 Å². The van der Waals surface area contributed by atoms with Crippen molar-refractivity contribution in [1.82, 2.24) is 0 Å². The van der Waals surface area contributed by atoms with Gasteiger partial charge in [0.1, 0.15) is 0 Å². The number of aliphatic hydroxyl groups is 2. The molecule has 0 aromatic carbocycles. The molecule has 0 amide bonds. The number of aliphatic hydroxyl groups excluding tert-OH is 2. The molecule has 6 nitrogen and oxygen atoms in total. The molecule has 14 heavy (non-hydrogen) atoms. The van der Waals surface area contributed by atoms with Crippen molar-refractivity contribution in [2.75, 3.05) is 0 Å². The second-order valence-electron chi connectivity index (χ2n) is 2.83. The van der Waals surface area contributed by atoms with Gasteiger partial charge in [-0.05, 0) is 12.2 Å². The fourth-order valence-corrected chi connectivity index (χ4v) is 1.17. The van der Waals surface area contributed by atoms with Crippen molar-refractivity contribution in [3.05, 3.63) is 23.7 Å². The Morgan fingerprint density at radius 2 is 1.21 bits per heavy atom. The van der Waals surface area contributed by atoms with Crippen LogP contribution in [-0.4, -0.2) is 32.4 Å². The van der Waals surface area contributed by atoms with Crippen LogP contribution in [0.25, 0.3) is 0 Å². The van der Waals surface area contributed by atoms with Crippen LogP contribution in [0.5, 0.6) is 0 Å². The standard InChI is InChI=1S/C8H8O6/c9-5-1-3(7(11)12)4(8(13)14)2-6(5)10/h1-4,9-10H,(H,11,12)(H,13,14). The molecule has 0 saturated carbocycles. The molecule has 0 aliphatic heterocycles. The van der Waals surface area contributed by atoms with Crippen LogP contribution < -0.4 is 0 Å². The van der Waals surface area contributed by atoms with E-state index in [2.05, 4.69) is 0 Å². The monoisotopic (exact) mass is 200 g/mol. The zero-order valence-corrected chi connectivity index (χ0v) is 6.91. The van der Waals surface area contributed by atoms with Gasteiger partial charge in [-0.15, -0.1) is 0 Å². The maximum absolute atomic E-state index is 10.6. The van der Waals surface area contributed by atoms with Gasteiger partial charge in [-0.25, -0.2) is 0 Å². The Morgan fingerprint density at radius 1 is 0.929 bits per heavy atom. The summed E-state index contributed by atoms with van der Waals surface area (Å²) in [6.45, 7) is 0. The van der Waals surface area contributed by atoms with E-state index in [0.29, 0.717) is 0 Å². The zero-order valence-electron chi connectivity index (χ0n) is 6.91. The fourth-order valence-electron chi connectivity index (χ4n) is 1.17. The minimum Gasteiger partial charge on any atom is -0.504 e. The lowest BCUT2D eigenvalue weighted by Gasteiger charge is -2.18. The minimum absolute atomic E-state index is 0.616. The summed E-state index contributed by atoms with van der Waals surface area (Å²) < 4.78 is 0. The Bertz CT molecular complexity index is 306. The summed E-state index contributed by atoms with van der Waals surface area (Å²) in [5.74, 6) is -6.68. The summed E-state index contributed by atoms with van der Waals surface area (Å²) in [6, 6.07) is 0. The van der Waals surface area contributed by atoms with E-state index in [-0.39, 0.29) is 0 Å². The molecular weight excluding hydrogens is 192 g/mol. The van der Waals surface area contributed by atoms with E-state index < -0.39 is 35.3 Å². The summed E-state index contributed by atoms with van der Waals surface area (Å²) in [4.78, 5) is 21.2. The number of hydrogen-bond acceptors (Lipinski definition) is 4. The molecule has 0 spiro atoms. The van der Waals surface area contributed by atoms with Crippen molar-refractivity contribution in [2.24, 2.45) is 11.8 Å². The third-order valence-corrected chi connectivity index (χ3v) is 1.89. The van der Waals surface area contributed by atoms with Crippen LogP contribution in [0.3, 0.4) is 0 Å². The van der Waals surface area contributed by atoms with Crippen LogP contribution in [0.15, 0.2) is 23.7 Å². The number of carboxylic acids is 2. The number of aliphatic carboxylic acids is 2. The van der Waals surface area contributed by atoms with Crippen LogP contribution in [0.1, 0.15) is 0 Å². The second-order valence-corrected chi connectivity index (χ2v) is 2.83. The highest BCUT2D eigenvalue weighted by molar-refractivity contribution is 5.83. The Morgan fingerprint density at radius 3 is 1.43 bits per heavy atom. The average Bonchev–Trinajstić information content (AvgIpc) is 2.08. The van der Waals surface area contributed by atoms with E-state index in [1.165, 1.54) is 0 Å². The molecule has 2 atom stereocenters. The smallest absolute Gasteiger partial charge is 0.311 e. The predicted octanol–water partition coefficient (Wildman–Crippen LogP) is 0.285. The SMILES string of the molecule is O=C(O)C1C=C(O)C(O)=CC1C(=O)O. The lowest BCUT2D eigenvalue weighted by atomic mass is 9.87. The molecule has 0 radical (unpaired) electrons. The molecule has 6 heteroatoms. The van der Waals surface area contributed by atoms with Gasteiger partial charge in [-0.3, -0.25) is 9.59 Å². The molecule has 0 bridgehead atoms. The molecule has 1 aliphatic carbocycles. The van der Waals surface area contributed by atoms with Gasteiger partial charge in [-0.1, -0.05) is 0 Å². The van der Waals surface area contributed by atoms with Crippen molar-refractivity contribution in [3.8, 4) is 0 Å². The van der Waals surface area contributed by atoms with Crippen molar-refractivity contribution in [1.29, 1.82) is 0 Å². The first-order valence-electron chi connectivity index (χ1n) is 3.71. The quantitative estimate of drug-likeness (QED) is 0.509. The molecule has 4 N–H and O–H groups in total. The predicted molar refractivity (Wildman–Crippen MR) is 43.7 cm³/mol. The third-order valence-electron chi connectivity index (χ3n) is 1.89. The number of carboxylic acid groups (broad SMARTS) is 2. The highest BCUT2D eigenvalue weighted by Gasteiger charge is 2.35. The number of hydrogen-bond donors (Lipinski definition) is 4. The normalized spacial score (nSPS) is 26.3. The summed E-state index contributed by atoms with van der Waals surface area (Å²) in [5.41, 5.74) is 0. The molecule has 0 aromatic rings. The first kappa shape index (κ1) is 10.1. The van der Waals surface area contributed by atoms with Crippen LogP contribution in [0.4, 0.5) is 0 Å². The summed E-state index contributed by atoms with van der Waals surface area (Å²) in [5, 5.41) is 35.2. The maximum Gasteiger partial charge on any atom is 0.311 e. The van der Waals surface area contributed by atoms with E-state index in [9.17, 15) is 9.59 Å². The summed E-state index contributed by atoms with van der Waals surface area (Å²) >= 11 is 0. The Labute approximate surface area is 78.4 Å². The van der Waals surface area contributed by atoms with Gasteiger partial charge in [-0.2, -0.15) is 0 Å². The van der Waals surface area contributed by atoms with Crippen molar-refractivity contribution in [2.45, 2.75) is 0 Å². The highest BCUT2D eigenvalue weighted by atomic mass is 16.4. The van der Waals surface area contributed by atoms with Crippen LogP contribution in [-0.2, 0) is 9.59 Å². The molecular formula is C8H8O6. The van der Waals surface area contributed by atoms with E-state index in [1.54, 1.807) is 0 Å². The van der Waals surface area contributed by atoms with Gasteiger partial charge < -0.3 is 20.4 Å². The largest absolute Gasteiger partial charge is 0.504 e. The van der Waals surface area contributed by atoms with E-state index in [4.69, 9.17) is 20.4 Å². The topological polar surface area (TPSA) is 115 Å². The molecule has 76 valence electrons. The zero-order chi connectivity index (χ0) is 10.9. The molecule has 0 aromatic heterocycles. The van der Waals surface area contributed by atoms with E-state index >= 15 is 0 Å². The Balaban J connectivity index is 3.06. The lowest BCUT2D eigenvalue weighted by Crippen LogP contribution is -2.29. The van der Waals surface area contributed by atoms with Crippen molar-refractivity contribution >= 4 is 11.9 Å². The van der Waals surface area contributed by atoms with Gasteiger partial charge in [0.2, 0.25) is 0 Å². The highest BCUT2D eigenvalue weighted by Crippen LogP contribution is 2.25. The molecule has 1 rings (SSSR count). The van der Waals surface area contributed by atoms with Crippen molar-refractivity contribution < 1.29 is 30.0 Å². The number of carbonyl (C=O) groups is 2. The van der Waals surface area contributed by atoms with Gasteiger partial charge >= 0.3 is 11.9 Å². The molecule has 0 fully saturated rings. The Kier molecular flexibility index (Phi) is 2.46.